The van der Waals surface area contributed by atoms with E-state index in [0.717, 1.165) is 56.3 Å². The largest absolute Gasteiger partial charge is 0.497 e. The lowest BCUT2D eigenvalue weighted by atomic mass is 9.43. The Morgan fingerprint density at radius 2 is 1.29 bits per heavy atom. The molecule has 13 nitrogen and oxygen atoms in total. The number of allylic oxidation sites excluding steroid dienone is 2. The van der Waals surface area contributed by atoms with E-state index in [4.69, 9.17) is 9.84 Å². The van der Waals surface area contributed by atoms with Gasteiger partial charge in [-0.3, -0.25) is 9.59 Å². The lowest BCUT2D eigenvalue weighted by Crippen LogP contribution is -2.70. The molecule has 6 saturated carbocycles. The summed E-state index contributed by atoms with van der Waals surface area (Å²) < 4.78 is 44.6. The van der Waals surface area contributed by atoms with Crippen molar-refractivity contribution in [1.29, 1.82) is 0 Å². The molecule has 0 radical (unpaired) electrons. The van der Waals surface area contributed by atoms with Crippen molar-refractivity contribution in [3.63, 3.8) is 0 Å². The van der Waals surface area contributed by atoms with Crippen molar-refractivity contribution >= 4 is 23.7 Å². The van der Waals surface area contributed by atoms with Crippen LogP contribution in [0.4, 0.5) is 8.78 Å². The average molecular weight is 1060 g/mol. The Balaban J connectivity index is 0.000000164. The number of aliphatic hydroxyl groups is 6. The molecule has 0 spiro atoms. The third-order valence-electron chi connectivity index (χ3n) is 22.1. The number of carbonyl (C=O) groups excluding carboxylic acids is 2. The maximum atomic E-state index is 17.8. The number of carbonyl (C=O) groups is 2. The summed E-state index contributed by atoms with van der Waals surface area (Å²) in [5, 5.41) is 75.4. The molecule has 16 atom stereocenters. The van der Waals surface area contributed by atoms with Crippen molar-refractivity contribution in [3.05, 3.63) is 100 Å². The van der Waals surface area contributed by atoms with Crippen molar-refractivity contribution in [2.75, 3.05) is 20.3 Å². The van der Waals surface area contributed by atoms with E-state index in [-0.39, 0.29) is 24.7 Å². The van der Waals surface area contributed by atoms with Crippen LogP contribution in [0.3, 0.4) is 0 Å². The molecular weight excluding hydrogens is 983 g/mol. The van der Waals surface area contributed by atoms with E-state index in [1.807, 2.05) is 100 Å². The van der Waals surface area contributed by atoms with Gasteiger partial charge in [0.05, 0.1) is 48.3 Å². The zero-order valence-electron chi connectivity index (χ0n) is 45.5. The number of aliphatic hydroxyl groups excluding tert-OH is 4. The minimum absolute atomic E-state index is 0.0303. The van der Waals surface area contributed by atoms with E-state index in [9.17, 15) is 40.2 Å². The molecule has 8 aliphatic rings. The number of nitrogens with zero attached hydrogens (tertiary/aromatic N) is 4. The first kappa shape index (κ1) is 53.7. The van der Waals surface area contributed by atoms with Gasteiger partial charge < -0.3 is 35.4 Å². The number of aromatic nitrogens is 4. The Kier molecular flexibility index (Phi) is 12.6. The van der Waals surface area contributed by atoms with Gasteiger partial charge in [0, 0.05) is 51.3 Å². The van der Waals surface area contributed by atoms with Gasteiger partial charge in [0.1, 0.15) is 41.5 Å². The van der Waals surface area contributed by atoms with E-state index in [1.54, 1.807) is 31.8 Å². The molecule has 2 aromatic carbocycles. The monoisotopic (exact) mass is 1060 g/mol. The van der Waals surface area contributed by atoms with Gasteiger partial charge >= 0.3 is 0 Å². The molecule has 0 aliphatic heterocycles. The molecule has 8 aliphatic carbocycles. The summed E-state index contributed by atoms with van der Waals surface area (Å²) in [6.45, 7) is 11.3. The maximum Gasteiger partial charge on any atom is 0.190 e. The van der Waals surface area contributed by atoms with Crippen LogP contribution < -0.4 is 4.74 Å². The highest BCUT2D eigenvalue weighted by atomic mass is 19.1. The molecule has 0 amide bonds. The van der Waals surface area contributed by atoms with Gasteiger partial charge in [0.15, 0.2) is 11.6 Å². The number of Topliss-reactive ketones (excluding diaryl/α,β-unsaturated/α-hetero) is 2. The first-order chi connectivity index (χ1) is 36.4. The minimum atomic E-state index is -1.93. The second kappa shape index (κ2) is 18.1. The fourth-order valence-electron chi connectivity index (χ4n) is 18.2. The lowest BCUT2D eigenvalue weighted by Gasteiger charge is -2.63. The fourth-order valence-corrected chi connectivity index (χ4v) is 18.2. The molecule has 12 rings (SSSR count). The Morgan fingerprint density at radius 3 is 1.83 bits per heavy atom. The number of methoxy groups -OCH3 is 1. The molecule has 77 heavy (non-hydrogen) atoms. The molecule has 15 heteroatoms. The van der Waals surface area contributed by atoms with E-state index in [2.05, 4.69) is 23.0 Å². The number of alkyl halides is 2. The molecule has 4 aromatic rings. The lowest BCUT2D eigenvalue weighted by molar-refractivity contribution is -0.226. The fraction of sp³-hybridized carbons (Fsp3) is 0.581. The van der Waals surface area contributed by atoms with Crippen LogP contribution in [0.25, 0.3) is 23.5 Å². The Hall–Kier alpha value is -5.34. The third-order valence-corrected chi connectivity index (χ3v) is 22.1. The van der Waals surface area contributed by atoms with Crippen LogP contribution in [0, 0.1) is 69.0 Å². The van der Waals surface area contributed by atoms with Crippen LogP contribution in [0.15, 0.2) is 72.1 Å². The number of benzene rings is 2. The third kappa shape index (κ3) is 6.97. The number of halogens is 2. The first-order valence-electron chi connectivity index (χ1n) is 27.6. The second-order valence-corrected chi connectivity index (χ2v) is 25.2. The quantitative estimate of drug-likeness (QED) is 0.0992. The highest BCUT2D eigenvalue weighted by Crippen LogP contribution is 2.73. The summed E-state index contributed by atoms with van der Waals surface area (Å²) >= 11 is 0. The van der Waals surface area contributed by atoms with Crippen LogP contribution >= 0.6 is 0 Å². The maximum absolute atomic E-state index is 17.8. The van der Waals surface area contributed by atoms with Gasteiger partial charge in [0.25, 0.3) is 0 Å². The highest BCUT2D eigenvalue weighted by Gasteiger charge is 2.77. The van der Waals surface area contributed by atoms with Gasteiger partial charge in [-0.15, -0.1) is 5.92 Å². The predicted molar refractivity (Wildman–Crippen MR) is 285 cm³/mol. The van der Waals surface area contributed by atoms with E-state index in [1.165, 1.54) is 0 Å². The summed E-state index contributed by atoms with van der Waals surface area (Å²) in [6, 6.07) is 15.5. The first-order valence-corrected chi connectivity index (χ1v) is 27.6. The Bertz CT molecular complexity index is 3210. The van der Waals surface area contributed by atoms with Crippen molar-refractivity contribution in [1.82, 2.24) is 19.6 Å². The number of hydrogen-bond donors (Lipinski definition) is 6. The smallest absolute Gasteiger partial charge is 0.190 e. The van der Waals surface area contributed by atoms with Crippen molar-refractivity contribution in [2.45, 2.75) is 147 Å². The molecule has 2 heterocycles. The number of ketones is 2. The zero-order chi connectivity index (χ0) is 55.2. The standard InChI is InChI=1S/C32H37FN2O4.C30H37FN2O5/c1-5-7-20-8-6-9-23(13-20)35-26-14-22-10-11-24-25-12-19(2)32(39,28(38)18-36)30(25,4)16-27(37)31(24,33)29(22,3)15-21(26)17-34-35;1-17-10-23-22-9-8-19-11-24-18(15-33(32-24)20-6-5-7-21(12-20)38-4)13-27(19,2)29(22,31)25(35)14-28(23,3)30(17,37)26(36)16-34/h6,8-9,13-14,17,19,24-25,27,36-37,39H,10-12,15-16,18H2,1-4H3;5-7,11-12,15,17,22-23,25,34-35,37H,8-10,13-14,16H2,1-4H3/t19-,24+,25+,27+,29+,30+,31+,32+;17-,22+,23+,25+,27+,28+,29+,30+/m11/s1. The number of ether oxygens (including phenoxy) is 1. The molecule has 0 bridgehead atoms. The summed E-state index contributed by atoms with van der Waals surface area (Å²) in [7, 11) is 1.62. The van der Waals surface area contributed by atoms with Crippen molar-refractivity contribution in [2.24, 2.45) is 57.2 Å². The van der Waals surface area contributed by atoms with Crippen LogP contribution in [0.1, 0.15) is 128 Å². The van der Waals surface area contributed by atoms with E-state index >= 15 is 8.78 Å². The minimum Gasteiger partial charge on any atom is -0.497 e. The van der Waals surface area contributed by atoms with Crippen LogP contribution in [-0.4, -0.2) is 117 Å². The van der Waals surface area contributed by atoms with Gasteiger partial charge in [-0.2, -0.15) is 10.2 Å². The molecular formula is C62H74F2N4O9. The normalized spacial score (nSPS) is 40.9. The zero-order valence-corrected chi connectivity index (χ0v) is 45.5. The average Bonchev–Trinajstić information content (AvgIpc) is 4.36. The van der Waals surface area contributed by atoms with Gasteiger partial charge in [0.2, 0.25) is 0 Å². The second-order valence-electron chi connectivity index (χ2n) is 25.2. The SMILES string of the molecule is CC#Cc1cccc(-n2ncc3c2C=C2CC[C@H]4[C@@H]5C[C@@H](C)[C@](O)(C(=O)CO)[C@@]5(C)C[C@H](O)[C@]4(F)[C@@]2(C)C3)c1.COc1cccc(-n2cc3c(n2)C=C2CC[C@H]4[C@@H]5C[C@@H](C)[C@](O)(C(=O)CO)[C@@]5(C)C[C@H](O)[C@]4(F)[C@@]2(C)C3)c1. The highest BCUT2D eigenvalue weighted by molar-refractivity contribution is 5.90. The Morgan fingerprint density at radius 1 is 0.753 bits per heavy atom. The molecule has 6 N–H and O–H groups in total. The van der Waals surface area contributed by atoms with Crippen molar-refractivity contribution < 1.29 is 53.7 Å². The number of hydrogen-bond acceptors (Lipinski definition) is 11. The molecule has 0 unspecified atom stereocenters. The van der Waals surface area contributed by atoms with Crippen LogP contribution in [-0.2, 0) is 22.4 Å². The van der Waals surface area contributed by atoms with Crippen LogP contribution in [0.2, 0.25) is 0 Å². The summed E-state index contributed by atoms with van der Waals surface area (Å²) in [5.74, 6) is 2.99. The number of fused-ring (bicyclic) bond motifs is 12. The Labute approximate surface area is 449 Å². The van der Waals surface area contributed by atoms with Crippen LogP contribution in [0.5, 0.6) is 5.75 Å². The molecule has 2 aromatic heterocycles. The van der Waals surface area contributed by atoms with Gasteiger partial charge in [-0.25, -0.2) is 18.1 Å². The molecule has 6 fully saturated rings. The van der Waals surface area contributed by atoms with Gasteiger partial charge in [-0.05, 0) is 148 Å². The van der Waals surface area contributed by atoms with E-state index in [0.29, 0.717) is 51.4 Å². The summed E-state index contributed by atoms with van der Waals surface area (Å²) in [6.07, 6.45) is 9.17. The van der Waals surface area contributed by atoms with E-state index < -0.39 is 105 Å². The summed E-state index contributed by atoms with van der Waals surface area (Å²) in [4.78, 5) is 25.7. The molecule has 410 valence electrons. The number of rotatable bonds is 7. The van der Waals surface area contributed by atoms with Gasteiger partial charge in [-0.1, -0.05) is 70.7 Å². The predicted octanol–water partition coefficient (Wildman–Crippen LogP) is 7.69. The molecule has 0 saturated heterocycles. The van der Waals surface area contributed by atoms with Crippen molar-refractivity contribution in [3.8, 4) is 29.0 Å². The summed E-state index contributed by atoms with van der Waals surface area (Å²) in [5.41, 5.74) is -3.20. The topological polar surface area (TPSA) is 200 Å².